The van der Waals surface area contributed by atoms with Gasteiger partial charge in [-0.15, -0.1) is 0 Å². The van der Waals surface area contributed by atoms with Gasteiger partial charge in [0.15, 0.2) is 5.16 Å². The van der Waals surface area contributed by atoms with Crippen LogP contribution in [-0.4, -0.2) is 9.55 Å². The second-order valence-corrected chi connectivity index (χ2v) is 8.60. The lowest BCUT2D eigenvalue weighted by Crippen LogP contribution is -2.05. The molecule has 6 aromatic rings. The Morgan fingerprint density at radius 1 is 0.767 bits per heavy atom. The van der Waals surface area contributed by atoms with Crippen LogP contribution in [0.2, 0.25) is 0 Å². The summed E-state index contributed by atoms with van der Waals surface area (Å²) in [6, 6.07) is 29.8. The van der Waals surface area contributed by atoms with Crippen molar-refractivity contribution in [3.05, 3.63) is 90.5 Å². The number of nitrogens with zero attached hydrogens (tertiary/aromatic N) is 2. The molecule has 142 valence electrons. The number of para-hydroxylation sites is 2. The topological polar surface area (TPSA) is 31.0 Å². The number of benzene rings is 4. The molecule has 0 fully saturated rings. The van der Waals surface area contributed by atoms with Gasteiger partial charge >= 0.3 is 0 Å². The number of imidazole rings is 1. The molecular formula is C26H16N2OS. The van der Waals surface area contributed by atoms with E-state index in [1.165, 1.54) is 22.4 Å². The Morgan fingerprint density at radius 2 is 1.57 bits per heavy atom. The van der Waals surface area contributed by atoms with Gasteiger partial charge in [-0.05, 0) is 53.1 Å². The van der Waals surface area contributed by atoms with Crippen molar-refractivity contribution in [1.29, 1.82) is 0 Å². The lowest BCUT2D eigenvalue weighted by atomic mass is 10.0. The molecule has 7 rings (SSSR count). The van der Waals surface area contributed by atoms with Crippen LogP contribution in [0.25, 0.3) is 49.8 Å². The van der Waals surface area contributed by atoms with Crippen molar-refractivity contribution in [2.45, 2.75) is 10.9 Å². The highest BCUT2D eigenvalue weighted by molar-refractivity contribution is 7.98. The van der Waals surface area contributed by atoms with Gasteiger partial charge in [-0.3, -0.25) is 4.57 Å². The van der Waals surface area contributed by atoms with E-state index in [1.807, 2.05) is 12.1 Å². The largest absolute Gasteiger partial charge is 0.456 e. The summed E-state index contributed by atoms with van der Waals surface area (Å²) >= 11 is 1.80. The highest BCUT2D eigenvalue weighted by atomic mass is 32.2. The lowest BCUT2D eigenvalue weighted by Gasteiger charge is -2.18. The monoisotopic (exact) mass is 404 g/mol. The highest BCUT2D eigenvalue weighted by Gasteiger charge is 2.20. The molecule has 0 amide bonds. The van der Waals surface area contributed by atoms with Gasteiger partial charge in [-0.1, -0.05) is 60.3 Å². The molecule has 0 atom stereocenters. The van der Waals surface area contributed by atoms with Crippen molar-refractivity contribution >= 4 is 44.7 Å². The minimum Gasteiger partial charge on any atom is -0.456 e. The summed E-state index contributed by atoms with van der Waals surface area (Å²) in [5.41, 5.74) is 9.00. The number of aromatic nitrogens is 2. The first-order valence-corrected chi connectivity index (χ1v) is 11.0. The molecule has 4 heteroatoms. The third-order valence-corrected chi connectivity index (χ3v) is 6.91. The quantitative estimate of drug-likeness (QED) is 0.290. The van der Waals surface area contributed by atoms with E-state index in [2.05, 4.69) is 77.4 Å². The number of thioether (sulfide) groups is 1. The van der Waals surface area contributed by atoms with E-state index in [0.29, 0.717) is 0 Å². The van der Waals surface area contributed by atoms with E-state index >= 15 is 0 Å². The fourth-order valence-electron chi connectivity index (χ4n) is 4.46. The molecule has 4 aromatic carbocycles. The van der Waals surface area contributed by atoms with Crippen molar-refractivity contribution in [2.75, 3.05) is 0 Å². The Kier molecular flexibility index (Phi) is 3.26. The van der Waals surface area contributed by atoms with Gasteiger partial charge < -0.3 is 4.42 Å². The van der Waals surface area contributed by atoms with Gasteiger partial charge in [0.1, 0.15) is 11.2 Å². The number of furan rings is 1. The maximum atomic E-state index is 6.00. The molecule has 30 heavy (non-hydrogen) atoms. The molecule has 0 spiro atoms. The van der Waals surface area contributed by atoms with Gasteiger partial charge in [0, 0.05) is 16.5 Å². The van der Waals surface area contributed by atoms with Gasteiger partial charge in [-0.25, -0.2) is 4.98 Å². The Labute approximate surface area is 177 Å². The summed E-state index contributed by atoms with van der Waals surface area (Å²) in [6.45, 7) is 0. The van der Waals surface area contributed by atoms with Gasteiger partial charge in [0.05, 0.1) is 16.7 Å². The Morgan fingerprint density at radius 3 is 2.57 bits per heavy atom. The second kappa shape index (κ2) is 6.00. The zero-order chi connectivity index (χ0) is 19.7. The third kappa shape index (κ3) is 2.25. The standard InChI is InChI=1S/C26H16N2OS/c1-3-7-22-18(5-1)15-30-26-27-21-11-9-17(14-23(21)28(22)26)16-10-12-25-20(13-16)19-6-2-4-8-24(19)29-25/h1-14H,15H2. The highest BCUT2D eigenvalue weighted by Crippen LogP contribution is 2.38. The average Bonchev–Trinajstić information content (AvgIpc) is 3.36. The Hall–Kier alpha value is -3.50. The smallest absolute Gasteiger partial charge is 0.174 e. The summed E-state index contributed by atoms with van der Waals surface area (Å²) in [5, 5.41) is 3.37. The summed E-state index contributed by atoms with van der Waals surface area (Å²) in [6.07, 6.45) is 0. The van der Waals surface area contributed by atoms with Crippen molar-refractivity contribution < 1.29 is 4.42 Å². The van der Waals surface area contributed by atoms with Crippen molar-refractivity contribution in [3.63, 3.8) is 0 Å². The third-order valence-electron chi connectivity index (χ3n) is 5.92. The van der Waals surface area contributed by atoms with Crippen LogP contribution in [-0.2, 0) is 5.75 Å². The molecule has 1 aliphatic rings. The van der Waals surface area contributed by atoms with Crippen LogP contribution < -0.4 is 0 Å². The van der Waals surface area contributed by atoms with E-state index in [4.69, 9.17) is 9.40 Å². The van der Waals surface area contributed by atoms with Crippen LogP contribution in [0.15, 0.2) is 94.5 Å². The summed E-state index contributed by atoms with van der Waals surface area (Å²) in [7, 11) is 0. The number of fused-ring (bicyclic) bond motifs is 8. The molecule has 0 bridgehead atoms. The van der Waals surface area contributed by atoms with Crippen molar-refractivity contribution in [3.8, 4) is 16.8 Å². The van der Waals surface area contributed by atoms with Crippen LogP contribution in [0.5, 0.6) is 0 Å². The predicted molar refractivity (Wildman–Crippen MR) is 123 cm³/mol. The van der Waals surface area contributed by atoms with E-state index in [9.17, 15) is 0 Å². The van der Waals surface area contributed by atoms with Crippen LogP contribution >= 0.6 is 11.8 Å². The van der Waals surface area contributed by atoms with Gasteiger partial charge in [0.2, 0.25) is 0 Å². The first-order valence-electron chi connectivity index (χ1n) is 10.0. The molecule has 1 aliphatic heterocycles. The summed E-state index contributed by atoms with van der Waals surface area (Å²) < 4.78 is 8.30. The molecule has 0 saturated carbocycles. The van der Waals surface area contributed by atoms with E-state index in [1.54, 1.807) is 11.8 Å². The maximum Gasteiger partial charge on any atom is 0.174 e. The molecule has 2 aromatic heterocycles. The minimum atomic E-state index is 0.924. The fraction of sp³-hybridized carbons (Fsp3) is 0.0385. The van der Waals surface area contributed by atoms with Crippen LogP contribution in [0, 0.1) is 0 Å². The van der Waals surface area contributed by atoms with Gasteiger partial charge in [-0.2, -0.15) is 0 Å². The summed E-state index contributed by atoms with van der Waals surface area (Å²) in [4.78, 5) is 4.88. The molecule has 0 radical (unpaired) electrons. The summed E-state index contributed by atoms with van der Waals surface area (Å²) in [5.74, 6) is 0.969. The fourth-order valence-corrected chi connectivity index (χ4v) is 5.48. The zero-order valence-electron chi connectivity index (χ0n) is 16.0. The normalized spacial score (nSPS) is 13.1. The van der Waals surface area contributed by atoms with E-state index in [-0.39, 0.29) is 0 Å². The van der Waals surface area contributed by atoms with Crippen LogP contribution in [0.3, 0.4) is 0 Å². The first-order chi connectivity index (χ1) is 14.8. The zero-order valence-corrected chi connectivity index (χ0v) is 16.8. The minimum absolute atomic E-state index is 0.924. The molecular weight excluding hydrogens is 388 g/mol. The molecule has 3 heterocycles. The predicted octanol–water partition coefficient (Wildman–Crippen LogP) is 7.20. The second-order valence-electron chi connectivity index (χ2n) is 7.66. The van der Waals surface area contributed by atoms with Crippen molar-refractivity contribution in [1.82, 2.24) is 9.55 Å². The maximum absolute atomic E-state index is 6.00. The number of hydrogen-bond donors (Lipinski definition) is 0. The molecule has 3 nitrogen and oxygen atoms in total. The Balaban J connectivity index is 1.46. The SMILES string of the molecule is c1ccc2c(c1)CSc1nc3ccc(-c4ccc5oc6ccccc6c5c4)cc3n1-2. The van der Waals surface area contributed by atoms with Gasteiger partial charge in [0.25, 0.3) is 0 Å². The van der Waals surface area contributed by atoms with Crippen molar-refractivity contribution in [2.24, 2.45) is 0 Å². The number of hydrogen-bond acceptors (Lipinski definition) is 3. The van der Waals surface area contributed by atoms with E-state index in [0.717, 1.165) is 43.9 Å². The molecule has 0 saturated heterocycles. The molecule has 0 unspecified atom stereocenters. The Bertz CT molecular complexity index is 1610. The molecule has 0 N–H and O–H groups in total. The average molecular weight is 404 g/mol. The first kappa shape index (κ1) is 16.3. The number of rotatable bonds is 1. The van der Waals surface area contributed by atoms with Crippen LogP contribution in [0.1, 0.15) is 5.56 Å². The van der Waals surface area contributed by atoms with E-state index < -0.39 is 0 Å². The lowest BCUT2D eigenvalue weighted by molar-refractivity contribution is 0.669. The van der Waals surface area contributed by atoms with Crippen LogP contribution in [0.4, 0.5) is 0 Å². The molecule has 0 aliphatic carbocycles.